The molecule has 3 aromatic heterocycles. The second-order valence-electron chi connectivity index (χ2n) is 6.62. The molecule has 4 aromatic rings. The van der Waals surface area contributed by atoms with E-state index in [1.165, 1.54) is 22.5 Å². The highest BCUT2D eigenvalue weighted by Gasteiger charge is 2.27. The molecule has 0 unspecified atom stereocenters. The van der Waals surface area contributed by atoms with Gasteiger partial charge in [-0.3, -0.25) is 4.90 Å². The fourth-order valence-corrected chi connectivity index (χ4v) is 5.39. The topological polar surface area (TPSA) is 42.2 Å². The number of aromatic nitrogens is 2. The maximum absolute atomic E-state index is 5.70. The van der Waals surface area contributed by atoms with Crippen molar-refractivity contribution >= 4 is 32.9 Å². The van der Waals surface area contributed by atoms with Crippen LogP contribution >= 0.6 is 22.7 Å². The average molecular weight is 382 g/mol. The van der Waals surface area contributed by atoms with Crippen molar-refractivity contribution in [2.24, 2.45) is 0 Å². The standard InChI is InChI=1S/C20H19N3OS2/c1-2-8-17-15(6-1)22-20(26-17)16-7-3-4-10-23(16)12-14-13-24-19(21-14)18-9-5-11-25-18/h1-2,5-6,8-9,11,13,16H,3-4,7,10,12H2/t16-/m1/s1. The Morgan fingerprint density at radius 1 is 1.12 bits per heavy atom. The van der Waals surface area contributed by atoms with Gasteiger partial charge in [0.1, 0.15) is 11.3 Å². The van der Waals surface area contributed by atoms with Crippen molar-refractivity contribution in [1.82, 2.24) is 14.9 Å². The van der Waals surface area contributed by atoms with Crippen molar-refractivity contribution < 1.29 is 4.42 Å². The van der Waals surface area contributed by atoms with E-state index in [1.807, 2.05) is 28.8 Å². The number of para-hydroxylation sites is 1. The highest BCUT2D eigenvalue weighted by molar-refractivity contribution is 7.18. The van der Waals surface area contributed by atoms with Gasteiger partial charge >= 0.3 is 0 Å². The van der Waals surface area contributed by atoms with Crippen LogP contribution in [0, 0.1) is 0 Å². The number of piperidine rings is 1. The van der Waals surface area contributed by atoms with Crippen LogP contribution < -0.4 is 0 Å². The Morgan fingerprint density at radius 2 is 2.08 bits per heavy atom. The van der Waals surface area contributed by atoms with E-state index in [2.05, 4.69) is 29.2 Å². The molecule has 26 heavy (non-hydrogen) atoms. The largest absolute Gasteiger partial charge is 0.444 e. The Labute approximate surface area is 160 Å². The molecule has 1 aromatic carbocycles. The zero-order chi connectivity index (χ0) is 17.3. The summed E-state index contributed by atoms with van der Waals surface area (Å²) < 4.78 is 6.97. The van der Waals surface area contributed by atoms with E-state index in [0.29, 0.717) is 6.04 Å². The van der Waals surface area contributed by atoms with Crippen LogP contribution in [0.5, 0.6) is 0 Å². The molecule has 132 valence electrons. The summed E-state index contributed by atoms with van der Waals surface area (Å²) in [5.74, 6) is 0.726. The Balaban J connectivity index is 1.39. The lowest BCUT2D eigenvalue weighted by molar-refractivity contribution is 0.138. The molecule has 0 amide bonds. The molecule has 0 radical (unpaired) electrons. The molecule has 0 spiro atoms. The zero-order valence-electron chi connectivity index (χ0n) is 14.3. The molecule has 0 saturated carbocycles. The van der Waals surface area contributed by atoms with Crippen molar-refractivity contribution in [2.45, 2.75) is 31.8 Å². The van der Waals surface area contributed by atoms with E-state index < -0.39 is 0 Å². The Bertz CT molecular complexity index is 972. The number of likely N-dealkylation sites (tertiary alicyclic amines) is 1. The fraction of sp³-hybridized carbons (Fsp3) is 0.300. The van der Waals surface area contributed by atoms with E-state index in [-0.39, 0.29) is 0 Å². The summed E-state index contributed by atoms with van der Waals surface area (Å²) in [5, 5.41) is 3.28. The summed E-state index contributed by atoms with van der Waals surface area (Å²) in [6.07, 6.45) is 5.46. The minimum atomic E-state index is 0.378. The van der Waals surface area contributed by atoms with Crippen LogP contribution in [0.3, 0.4) is 0 Å². The number of hydrogen-bond acceptors (Lipinski definition) is 6. The molecule has 5 rings (SSSR count). The second-order valence-corrected chi connectivity index (χ2v) is 8.63. The number of fused-ring (bicyclic) bond motifs is 1. The van der Waals surface area contributed by atoms with E-state index in [9.17, 15) is 0 Å². The first-order valence-corrected chi connectivity index (χ1v) is 10.6. The predicted molar refractivity (Wildman–Crippen MR) is 106 cm³/mol. The maximum atomic E-state index is 5.70. The average Bonchev–Trinajstić information content (AvgIpc) is 3.42. The SMILES string of the molecule is c1csc(-c2nc(CN3CCCC[C@@H]3c3nc4ccccc4s3)co2)c1. The number of oxazole rings is 1. The van der Waals surface area contributed by atoms with Gasteiger partial charge in [0.25, 0.3) is 0 Å². The lowest BCUT2D eigenvalue weighted by Gasteiger charge is -2.33. The van der Waals surface area contributed by atoms with E-state index in [0.717, 1.165) is 41.5 Å². The van der Waals surface area contributed by atoms with E-state index in [4.69, 9.17) is 14.4 Å². The molecule has 1 aliphatic rings. The van der Waals surface area contributed by atoms with Gasteiger partial charge < -0.3 is 4.42 Å². The summed E-state index contributed by atoms with van der Waals surface area (Å²) in [4.78, 5) is 13.2. The van der Waals surface area contributed by atoms with Gasteiger partial charge in [-0.25, -0.2) is 9.97 Å². The number of thiazole rings is 1. The number of benzene rings is 1. The van der Waals surface area contributed by atoms with Gasteiger partial charge in [0.05, 0.1) is 26.8 Å². The monoisotopic (exact) mass is 381 g/mol. The van der Waals surface area contributed by atoms with Crippen molar-refractivity contribution in [3.63, 3.8) is 0 Å². The van der Waals surface area contributed by atoms with Crippen molar-refractivity contribution in [2.75, 3.05) is 6.54 Å². The third-order valence-corrected chi connectivity index (χ3v) is 6.85. The number of nitrogens with zero attached hydrogens (tertiary/aromatic N) is 3. The summed E-state index contributed by atoms with van der Waals surface area (Å²) in [5.41, 5.74) is 2.11. The van der Waals surface area contributed by atoms with Crippen LogP contribution in [0.2, 0.25) is 0 Å². The van der Waals surface area contributed by atoms with Crippen molar-refractivity contribution in [1.29, 1.82) is 0 Å². The molecule has 0 aliphatic carbocycles. The highest BCUT2D eigenvalue weighted by Crippen LogP contribution is 2.36. The third-order valence-electron chi connectivity index (χ3n) is 4.86. The van der Waals surface area contributed by atoms with Crippen LogP contribution in [0.25, 0.3) is 21.0 Å². The molecule has 1 saturated heterocycles. The third kappa shape index (κ3) is 3.09. The smallest absolute Gasteiger partial charge is 0.236 e. The summed E-state index contributed by atoms with van der Waals surface area (Å²) in [6, 6.07) is 12.9. The fourth-order valence-electron chi connectivity index (χ4n) is 3.59. The summed E-state index contributed by atoms with van der Waals surface area (Å²) in [6.45, 7) is 1.90. The maximum Gasteiger partial charge on any atom is 0.236 e. The van der Waals surface area contributed by atoms with Gasteiger partial charge in [0.15, 0.2) is 0 Å². The van der Waals surface area contributed by atoms with Gasteiger partial charge in [-0.2, -0.15) is 0 Å². The Hall–Kier alpha value is -2.02. The first kappa shape index (κ1) is 16.2. The first-order valence-electron chi connectivity index (χ1n) is 8.94. The Kier molecular flexibility index (Phi) is 4.32. The second kappa shape index (κ2) is 6.95. The lowest BCUT2D eigenvalue weighted by atomic mass is 10.0. The number of thiophene rings is 1. The molecular weight excluding hydrogens is 362 g/mol. The van der Waals surface area contributed by atoms with Gasteiger partial charge in [-0.1, -0.05) is 24.6 Å². The van der Waals surface area contributed by atoms with Gasteiger partial charge in [-0.15, -0.1) is 22.7 Å². The Morgan fingerprint density at radius 3 is 2.96 bits per heavy atom. The van der Waals surface area contributed by atoms with Gasteiger partial charge in [0, 0.05) is 6.54 Å². The van der Waals surface area contributed by atoms with Crippen LogP contribution in [-0.4, -0.2) is 21.4 Å². The quantitative estimate of drug-likeness (QED) is 0.452. The molecule has 1 fully saturated rings. The minimum Gasteiger partial charge on any atom is -0.444 e. The van der Waals surface area contributed by atoms with Crippen LogP contribution in [0.1, 0.15) is 36.0 Å². The number of rotatable bonds is 4. The van der Waals surface area contributed by atoms with Crippen LogP contribution in [-0.2, 0) is 6.54 Å². The van der Waals surface area contributed by atoms with E-state index in [1.54, 1.807) is 17.6 Å². The molecule has 1 aliphatic heterocycles. The van der Waals surface area contributed by atoms with Crippen molar-refractivity contribution in [3.05, 3.63) is 58.7 Å². The van der Waals surface area contributed by atoms with Crippen LogP contribution in [0.4, 0.5) is 0 Å². The first-order chi connectivity index (χ1) is 12.9. The molecule has 4 heterocycles. The highest BCUT2D eigenvalue weighted by atomic mass is 32.1. The molecular formula is C20H19N3OS2. The molecule has 0 N–H and O–H groups in total. The van der Waals surface area contributed by atoms with Crippen molar-refractivity contribution in [3.8, 4) is 10.8 Å². The summed E-state index contributed by atoms with van der Waals surface area (Å²) >= 11 is 3.48. The van der Waals surface area contributed by atoms with Gasteiger partial charge in [0.2, 0.25) is 5.89 Å². The molecule has 4 nitrogen and oxygen atoms in total. The zero-order valence-corrected chi connectivity index (χ0v) is 15.9. The lowest BCUT2D eigenvalue weighted by Crippen LogP contribution is -2.33. The molecule has 0 bridgehead atoms. The normalized spacial score (nSPS) is 18.5. The van der Waals surface area contributed by atoms with E-state index >= 15 is 0 Å². The predicted octanol–water partition coefficient (Wildman–Crippen LogP) is 5.74. The van der Waals surface area contributed by atoms with Crippen LogP contribution in [0.15, 0.2) is 52.5 Å². The number of hydrogen-bond donors (Lipinski definition) is 0. The molecule has 6 heteroatoms. The van der Waals surface area contributed by atoms with Gasteiger partial charge in [-0.05, 0) is 43.0 Å². The minimum absolute atomic E-state index is 0.378. The molecule has 1 atom stereocenters. The summed E-state index contributed by atoms with van der Waals surface area (Å²) in [7, 11) is 0.